The fourth-order valence-corrected chi connectivity index (χ4v) is 4.96. The van der Waals surface area contributed by atoms with Gasteiger partial charge in [-0.15, -0.1) is 0 Å². The molecule has 0 bridgehead atoms. The van der Waals surface area contributed by atoms with Gasteiger partial charge in [0.1, 0.15) is 17.9 Å². The fourth-order valence-electron chi connectivity index (χ4n) is 4.96. The van der Waals surface area contributed by atoms with Gasteiger partial charge >= 0.3 is 0 Å². The van der Waals surface area contributed by atoms with Gasteiger partial charge in [0, 0.05) is 55.1 Å². The molecule has 194 valence electrons. The van der Waals surface area contributed by atoms with Crippen LogP contribution in [0.25, 0.3) is 11.3 Å². The van der Waals surface area contributed by atoms with Crippen molar-refractivity contribution < 1.29 is 14.3 Å². The smallest absolute Gasteiger partial charge is 0.227 e. The van der Waals surface area contributed by atoms with Gasteiger partial charge in [0.25, 0.3) is 0 Å². The Morgan fingerprint density at radius 1 is 1.05 bits per heavy atom. The van der Waals surface area contributed by atoms with Gasteiger partial charge in [0.15, 0.2) is 0 Å². The summed E-state index contributed by atoms with van der Waals surface area (Å²) in [6.45, 7) is 4.59. The molecule has 3 heterocycles. The van der Waals surface area contributed by atoms with Gasteiger partial charge in [0.2, 0.25) is 11.9 Å². The molecule has 1 unspecified atom stereocenters. The average molecular weight is 511 g/mol. The molecule has 1 aliphatic carbocycles. The number of ether oxygens (including phenoxy) is 2. The third-order valence-electron chi connectivity index (χ3n) is 7.23. The standard InChI is InChI=1S/C29H30N6O3/c30-18-22-17-21(3-8-27(22)38-25-10-12-35(19-25)28(36)20-1-2-20)26-9-11-31-29(33-26)32-23-4-6-24(7-5-23)34-13-15-37-16-14-34/h3-9,11,17,20,25H,1-2,10,12-16,19H2,(H,31,32,33). The molecule has 2 aromatic carbocycles. The minimum absolute atomic E-state index is 0.0971. The molecule has 38 heavy (non-hydrogen) atoms. The maximum Gasteiger partial charge on any atom is 0.227 e. The van der Waals surface area contributed by atoms with Crippen LogP contribution in [0.2, 0.25) is 0 Å². The topological polar surface area (TPSA) is 104 Å². The summed E-state index contributed by atoms with van der Waals surface area (Å²) in [5.74, 6) is 1.47. The molecule has 1 amide bonds. The first-order valence-electron chi connectivity index (χ1n) is 13.2. The second-order valence-electron chi connectivity index (χ2n) is 9.95. The van der Waals surface area contributed by atoms with E-state index < -0.39 is 0 Å². The van der Waals surface area contributed by atoms with E-state index in [4.69, 9.17) is 9.47 Å². The second kappa shape index (κ2) is 10.7. The van der Waals surface area contributed by atoms with E-state index >= 15 is 0 Å². The maximum absolute atomic E-state index is 12.3. The number of amides is 1. The van der Waals surface area contributed by atoms with Crippen LogP contribution in [0.3, 0.4) is 0 Å². The summed E-state index contributed by atoms with van der Waals surface area (Å²) in [4.78, 5) is 25.6. The number of nitrogens with zero attached hydrogens (tertiary/aromatic N) is 5. The lowest BCUT2D eigenvalue weighted by Crippen LogP contribution is -2.36. The van der Waals surface area contributed by atoms with Gasteiger partial charge < -0.3 is 24.6 Å². The Bertz CT molecular complexity index is 1350. The second-order valence-corrected chi connectivity index (χ2v) is 9.95. The Balaban J connectivity index is 1.12. The highest BCUT2D eigenvalue weighted by Crippen LogP contribution is 2.33. The minimum Gasteiger partial charge on any atom is -0.487 e. The number of anilines is 3. The van der Waals surface area contributed by atoms with E-state index in [0.29, 0.717) is 36.0 Å². The lowest BCUT2D eigenvalue weighted by atomic mass is 10.1. The van der Waals surface area contributed by atoms with Crippen molar-refractivity contribution in [2.75, 3.05) is 49.6 Å². The molecule has 1 atom stereocenters. The highest BCUT2D eigenvalue weighted by Gasteiger charge is 2.37. The predicted molar refractivity (Wildman–Crippen MR) is 143 cm³/mol. The Morgan fingerprint density at radius 2 is 1.87 bits per heavy atom. The van der Waals surface area contributed by atoms with Gasteiger partial charge in [-0.1, -0.05) is 0 Å². The largest absolute Gasteiger partial charge is 0.487 e. The number of hydrogen-bond acceptors (Lipinski definition) is 8. The first kappa shape index (κ1) is 24.2. The van der Waals surface area contributed by atoms with Crippen LogP contribution in [0, 0.1) is 17.2 Å². The molecule has 2 saturated heterocycles. The molecule has 3 fully saturated rings. The summed E-state index contributed by atoms with van der Waals surface area (Å²) in [7, 11) is 0. The minimum atomic E-state index is -0.0971. The van der Waals surface area contributed by atoms with E-state index in [0.717, 1.165) is 56.8 Å². The Hall–Kier alpha value is -4.16. The SMILES string of the molecule is N#Cc1cc(-c2ccnc(Nc3ccc(N4CCOCC4)cc3)n2)ccc1OC1CCN(C(=O)C2CC2)C1. The molecular weight excluding hydrogens is 480 g/mol. The van der Waals surface area contributed by atoms with Crippen LogP contribution < -0.4 is 15.0 Å². The summed E-state index contributed by atoms with van der Waals surface area (Å²) in [5.41, 5.74) is 4.02. The number of rotatable bonds is 7. The molecule has 1 aromatic heterocycles. The molecule has 0 radical (unpaired) electrons. The van der Waals surface area contributed by atoms with E-state index in [-0.39, 0.29) is 17.9 Å². The molecule has 3 aliphatic rings. The van der Waals surface area contributed by atoms with Crippen molar-refractivity contribution in [3.8, 4) is 23.1 Å². The number of morpholine rings is 1. The van der Waals surface area contributed by atoms with Crippen LogP contribution in [0.15, 0.2) is 54.7 Å². The van der Waals surface area contributed by atoms with Gasteiger partial charge in [-0.25, -0.2) is 9.97 Å². The number of nitrogens with one attached hydrogen (secondary N) is 1. The van der Waals surface area contributed by atoms with E-state index in [9.17, 15) is 10.1 Å². The zero-order valence-electron chi connectivity index (χ0n) is 21.2. The van der Waals surface area contributed by atoms with Gasteiger partial charge in [-0.2, -0.15) is 5.26 Å². The Morgan fingerprint density at radius 3 is 2.63 bits per heavy atom. The van der Waals surface area contributed by atoms with Gasteiger partial charge in [-0.3, -0.25) is 4.79 Å². The van der Waals surface area contributed by atoms with Crippen LogP contribution >= 0.6 is 0 Å². The van der Waals surface area contributed by atoms with Crippen LogP contribution in [0.5, 0.6) is 5.75 Å². The van der Waals surface area contributed by atoms with Crippen molar-refractivity contribution in [1.82, 2.24) is 14.9 Å². The Kier molecular flexibility index (Phi) is 6.80. The molecule has 6 rings (SSSR count). The van der Waals surface area contributed by atoms with Crippen molar-refractivity contribution in [3.05, 3.63) is 60.3 Å². The van der Waals surface area contributed by atoms with Crippen LogP contribution in [0.4, 0.5) is 17.3 Å². The quantitative estimate of drug-likeness (QED) is 0.509. The zero-order chi connectivity index (χ0) is 25.9. The normalized spacial score (nSPS) is 19.2. The summed E-state index contributed by atoms with van der Waals surface area (Å²) in [5, 5.41) is 13.1. The molecular formula is C29H30N6O3. The average Bonchev–Trinajstić information content (AvgIpc) is 3.72. The van der Waals surface area contributed by atoms with E-state index in [1.807, 2.05) is 35.2 Å². The third kappa shape index (κ3) is 5.41. The number of aromatic nitrogens is 2. The predicted octanol–water partition coefficient (Wildman–Crippen LogP) is 3.99. The molecule has 0 spiro atoms. The molecule has 1 saturated carbocycles. The van der Waals surface area contributed by atoms with Crippen LogP contribution in [-0.2, 0) is 9.53 Å². The maximum atomic E-state index is 12.3. The van der Waals surface area contributed by atoms with Crippen molar-refractivity contribution in [2.24, 2.45) is 5.92 Å². The van der Waals surface area contributed by atoms with Crippen LogP contribution in [0.1, 0.15) is 24.8 Å². The van der Waals surface area contributed by atoms with Crippen molar-refractivity contribution >= 4 is 23.2 Å². The molecule has 9 nitrogen and oxygen atoms in total. The number of benzene rings is 2. The first-order chi connectivity index (χ1) is 18.7. The lowest BCUT2D eigenvalue weighted by molar-refractivity contribution is -0.131. The van der Waals surface area contributed by atoms with E-state index in [1.54, 1.807) is 12.3 Å². The summed E-state index contributed by atoms with van der Waals surface area (Å²) in [6.07, 6.45) is 4.39. The van der Waals surface area contributed by atoms with E-state index in [2.05, 4.69) is 38.4 Å². The van der Waals surface area contributed by atoms with Gasteiger partial charge in [0.05, 0.1) is 31.0 Å². The first-order valence-corrected chi connectivity index (χ1v) is 13.2. The molecule has 1 N–H and O–H groups in total. The lowest BCUT2D eigenvalue weighted by Gasteiger charge is -2.28. The van der Waals surface area contributed by atoms with Crippen molar-refractivity contribution in [2.45, 2.75) is 25.4 Å². The van der Waals surface area contributed by atoms with Crippen molar-refractivity contribution in [3.63, 3.8) is 0 Å². The monoisotopic (exact) mass is 510 g/mol. The summed E-state index contributed by atoms with van der Waals surface area (Å²) >= 11 is 0. The molecule has 2 aliphatic heterocycles. The highest BCUT2D eigenvalue weighted by atomic mass is 16.5. The number of hydrogen-bond donors (Lipinski definition) is 1. The highest BCUT2D eigenvalue weighted by molar-refractivity contribution is 5.81. The van der Waals surface area contributed by atoms with Crippen molar-refractivity contribution in [1.29, 1.82) is 5.26 Å². The van der Waals surface area contributed by atoms with E-state index in [1.165, 1.54) is 5.69 Å². The van der Waals surface area contributed by atoms with Gasteiger partial charge in [-0.05, 0) is 61.4 Å². The number of carbonyl (C=O) groups excluding carboxylic acids is 1. The number of nitriles is 1. The molecule has 3 aromatic rings. The third-order valence-corrected chi connectivity index (χ3v) is 7.23. The fraction of sp³-hybridized carbons (Fsp3) is 0.379. The number of likely N-dealkylation sites (tertiary alicyclic amines) is 1. The molecule has 9 heteroatoms. The Labute approximate surface area is 222 Å². The summed E-state index contributed by atoms with van der Waals surface area (Å²) < 4.78 is 11.6. The van der Waals surface area contributed by atoms with Crippen LogP contribution in [-0.4, -0.2) is 66.3 Å². The number of carbonyl (C=O) groups is 1. The zero-order valence-corrected chi connectivity index (χ0v) is 21.2. The summed E-state index contributed by atoms with van der Waals surface area (Å²) in [6, 6.07) is 17.8.